The SMILES string of the molecule is CCOC(=O)c1[nH]cnc1/N=C/N(C)C. The van der Waals surface area contributed by atoms with E-state index in [-0.39, 0.29) is 5.69 Å². The molecule has 15 heavy (non-hydrogen) atoms. The quantitative estimate of drug-likeness (QED) is 0.453. The fourth-order valence-corrected chi connectivity index (χ4v) is 0.909. The van der Waals surface area contributed by atoms with Gasteiger partial charge in [-0.1, -0.05) is 0 Å². The highest BCUT2D eigenvalue weighted by Gasteiger charge is 2.14. The highest BCUT2D eigenvalue weighted by molar-refractivity contribution is 5.92. The molecular weight excluding hydrogens is 196 g/mol. The molecule has 82 valence electrons. The number of aromatic amines is 1. The molecule has 0 aromatic carbocycles. The van der Waals surface area contributed by atoms with Crippen LogP contribution in [0, 0.1) is 0 Å². The molecule has 1 heterocycles. The second-order valence-electron chi connectivity index (χ2n) is 3.03. The van der Waals surface area contributed by atoms with Crippen LogP contribution >= 0.6 is 0 Å². The summed E-state index contributed by atoms with van der Waals surface area (Å²) in [6.07, 6.45) is 2.98. The third kappa shape index (κ3) is 3.08. The van der Waals surface area contributed by atoms with Crippen LogP contribution < -0.4 is 0 Å². The molecule has 0 saturated carbocycles. The normalized spacial score (nSPS) is 10.6. The molecule has 0 atom stereocenters. The second-order valence-corrected chi connectivity index (χ2v) is 3.03. The van der Waals surface area contributed by atoms with Gasteiger partial charge in [-0.25, -0.2) is 14.8 Å². The van der Waals surface area contributed by atoms with Crippen molar-refractivity contribution < 1.29 is 9.53 Å². The van der Waals surface area contributed by atoms with Crippen LogP contribution in [0.25, 0.3) is 0 Å². The Kier molecular flexibility index (Phi) is 3.84. The molecule has 0 saturated heterocycles. The second kappa shape index (κ2) is 5.14. The predicted molar refractivity (Wildman–Crippen MR) is 56.4 cm³/mol. The van der Waals surface area contributed by atoms with E-state index in [4.69, 9.17) is 4.74 Å². The zero-order valence-electron chi connectivity index (χ0n) is 9.02. The van der Waals surface area contributed by atoms with Gasteiger partial charge in [0.1, 0.15) is 0 Å². The van der Waals surface area contributed by atoms with E-state index in [0.717, 1.165) is 0 Å². The molecule has 0 fully saturated rings. The van der Waals surface area contributed by atoms with Crippen molar-refractivity contribution in [2.24, 2.45) is 4.99 Å². The Morgan fingerprint density at radius 3 is 3.07 bits per heavy atom. The van der Waals surface area contributed by atoms with E-state index < -0.39 is 5.97 Å². The summed E-state index contributed by atoms with van der Waals surface area (Å²) >= 11 is 0. The van der Waals surface area contributed by atoms with Crippen LogP contribution in [0.15, 0.2) is 11.3 Å². The average molecular weight is 210 g/mol. The molecule has 1 aromatic heterocycles. The number of esters is 1. The summed E-state index contributed by atoms with van der Waals surface area (Å²) in [7, 11) is 3.67. The first kappa shape index (κ1) is 11.2. The molecule has 1 aromatic rings. The number of carbonyl (C=O) groups is 1. The van der Waals surface area contributed by atoms with E-state index in [0.29, 0.717) is 12.4 Å². The molecule has 6 nitrogen and oxygen atoms in total. The average Bonchev–Trinajstić information content (AvgIpc) is 2.62. The number of hydrogen-bond donors (Lipinski definition) is 1. The smallest absolute Gasteiger partial charge is 0.358 e. The monoisotopic (exact) mass is 210 g/mol. The van der Waals surface area contributed by atoms with Crippen LogP contribution in [0.2, 0.25) is 0 Å². The van der Waals surface area contributed by atoms with Gasteiger partial charge in [0.05, 0.1) is 19.3 Å². The fraction of sp³-hybridized carbons (Fsp3) is 0.444. The number of rotatable bonds is 4. The van der Waals surface area contributed by atoms with E-state index in [1.54, 1.807) is 18.2 Å². The number of ether oxygens (including phenoxy) is 1. The number of H-pyrrole nitrogens is 1. The molecule has 0 aliphatic carbocycles. The van der Waals surface area contributed by atoms with E-state index in [2.05, 4.69) is 15.0 Å². The maximum absolute atomic E-state index is 11.4. The summed E-state index contributed by atoms with van der Waals surface area (Å²) in [6.45, 7) is 2.08. The minimum absolute atomic E-state index is 0.273. The van der Waals surface area contributed by atoms with Crippen LogP contribution in [0.3, 0.4) is 0 Å². The number of carbonyl (C=O) groups excluding carboxylic acids is 1. The lowest BCUT2D eigenvalue weighted by molar-refractivity contribution is 0.0521. The summed E-state index contributed by atoms with van der Waals surface area (Å²) in [5.74, 6) is -0.108. The van der Waals surface area contributed by atoms with Gasteiger partial charge in [-0.3, -0.25) is 0 Å². The summed E-state index contributed by atoms with van der Waals surface area (Å²) in [5, 5.41) is 0. The Labute approximate surface area is 88.0 Å². The van der Waals surface area contributed by atoms with Gasteiger partial charge >= 0.3 is 5.97 Å². The molecule has 0 amide bonds. The van der Waals surface area contributed by atoms with Gasteiger partial charge in [0, 0.05) is 14.1 Å². The Morgan fingerprint density at radius 1 is 1.73 bits per heavy atom. The van der Waals surface area contributed by atoms with Crippen molar-refractivity contribution in [3.8, 4) is 0 Å². The number of imidazole rings is 1. The summed E-state index contributed by atoms with van der Waals surface area (Å²) in [6, 6.07) is 0. The van der Waals surface area contributed by atoms with Crippen LogP contribution in [0.5, 0.6) is 0 Å². The minimum Gasteiger partial charge on any atom is -0.461 e. The van der Waals surface area contributed by atoms with E-state index in [1.807, 2.05) is 14.1 Å². The first-order valence-corrected chi connectivity index (χ1v) is 4.56. The lowest BCUT2D eigenvalue weighted by Crippen LogP contribution is -2.08. The molecule has 6 heteroatoms. The van der Waals surface area contributed by atoms with Gasteiger partial charge < -0.3 is 14.6 Å². The van der Waals surface area contributed by atoms with Crippen LogP contribution in [0.1, 0.15) is 17.4 Å². The first-order valence-electron chi connectivity index (χ1n) is 4.56. The Hall–Kier alpha value is -1.85. The van der Waals surface area contributed by atoms with Crippen LogP contribution in [-0.4, -0.2) is 47.9 Å². The number of hydrogen-bond acceptors (Lipinski definition) is 4. The van der Waals surface area contributed by atoms with Crippen molar-refractivity contribution in [1.82, 2.24) is 14.9 Å². The van der Waals surface area contributed by atoms with Crippen molar-refractivity contribution in [2.75, 3.05) is 20.7 Å². The fourth-order valence-electron chi connectivity index (χ4n) is 0.909. The molecule has 0 unspecified atom stereocenters. The minimum atomic E-state index is -0.444. The highest BCUT2D eigenvalue weighted by Crippen LogP contribution is 2.13. The number of aliphatic imine (C=N–C) groups is 1. The molecule has 0 aliphatic heterocycles. The summed E-state index contributed by atoms with van der Waals surface area (Å²) in [5.41, 5.74) is 0.273. The predicted octanol–water partition coefficient (Wildman–Crippen LogP) is 0.808. The van der Waals surface area contributed by atoms with E-state index >= 15 is 0 Å². The van der Waals surface area contributed by atoms with E-state index in [1.165, 1.54) is 6.33 Å². The molecule has 0 aliphatic rings. The Bertz CT molecular complexity index is 357. The standard InChI is InChI=1S/C9H14N4O2/c1-4-15-9(14)7-8(11-5-10-7)12-6-13(2)3/h5-6H,4H2,1-3H3,(H,10,11)/b12-6+. The third-order valence-electron chi connectivity index (χ3n) is 1.51. The lowest BCUT2D eigenvalue weighted by atomic mass is 10.4. The highest BCUT2D eigenvalue weighted by atomic mass is 16.5. The van der Waals surface area contributed by atoms with Crippen LogP contribution in [-0.2, 0) is 4.74 Å². The topological polar surface area (TPSA) is 70.6 Å². The van der Waals surface area contributed by atoms with Crippen molar-refractivity contribution >= 4 is 18.1 Å². The maximum atomic E-state index is 11.4. The number of nitrogens with one attached hydrogen (secondary N) is 1. The number of nitrogens with zero attached hydrogens (tertiary/aromatic N) is 3. The largest absolute Gasteiger partial charge is 0.461 e. The van der Waals surface area contributed by atoms with Gasteiger partial charge in [-0.05, 0) is 6.92 Å². The molecule has 0 spiro atoms. The zero-order chi connectivity index (χ0) is 11.3. The van der Waals surface area contributed by atoms with Crippen molar-refractivity contribution in [1.29, 1.82) is 0 Å². The molecule has 0 bridgehead atoms. The first-order chi connectivity index (χ1) is 7.15. The summed E-state index contributed by atoms with van der Waals surface area (Å²) < 4.78 is 4.84. The molecule has 0 radical (unpaired) electrons. The van der Waals surface area contributed by atoms with Crippen LogP contribution in [0.4, 0.5) is 5.82 Å². The van der Waals surface area contributed by atoms with Gasteiger partial charge in [-0.15, -0.1) is 0 Å². The Balaban J connectivity index is 2.82. The van der Waals surface area contributed by atoms with Crippen molar-refractivity contribution in [2.45, 2.75) is 6.92 Å². The third-order valence-corrected chi connectivity index (χ3v) is 1.51. The van der Waals surface area contributed by atoms with Gasteiger partial charge in [0.15, 0.2) is 11.5 Å². The van der Waals surface area contributed by atoms with Gasteiger partial charge in [0.25, 0.3) is 0 Å². The summed E-state index contributed by atoms with van der Waals surface area (Å²) in [4.78, 5) is 23.8. The molecular formula is C9H14N4O2. The van der Waals surface area contributed by atoms with Crippen molar-refractivity contribution in [3.63, 3.8) is 0 Å². The van der Waals surface area contributed by atoms with E-state index in [9.17, 15) is 4.79 Å². The maximum Gasteiger partial charge on any atom is 0.358 e. The molecule has 1 rings (SSSR count). The van der Waals surface area contributed by atoms with Gasteiger partial charge in [0.2, 0.25) is 0 Å². The number of aromatic nitrogens is 2. The zero-order valence-corrected chi connectivity index (χ0v) is 9.02. The lowest BCUT2D eigenvalue weighted by Gasteiger charge is -2.02. The Morgan fingerprint density at radius 2 is 2.47 bits per heavy atom. The van der Waals surface area contributed by atoms with Gasteiger partial charge in [-0.2, -0.15) is 0 Å². The van der Waals surface area contributed by atoms with Crippen molar-refractivity contribution in [3.05, 3.63) is 12.0 Å². The molecule has 1 N–H and O–H groups in total.